The van der Waals surface area contributed by atoms with Gasteiger partial charge in [0.15, 0.2) is 0 Å². The first kappa shape index (κ1) is 14.2. The highest BCUT2D eigenvalue weighted by Crippen LogP contribution is 2.27. The van der Waals surface area contributed by atoms with E-state index >= 15 is 0 Å². The fourth-order valence-corrected chi connectivity index (χ4v) is 2.85. The van der Waals surface area contributed by atoms with Crippen LogP contribution in [-0.2, 0) is 13.0 Å². The summed E-state index contributed by atoms with van der Waals surface area (Å²) >= 11 is 3.69. The van der Waals surface area contributed by atoms with Crippen LogP contribution >= 0.6 is 33.9 Å². The second-order valence-electron chi connectivity index (χ2n) is 3.85. The number of halogens is 1. The Morgan fingerprint density at radius 2 is 2.32 bits per heavy atom. The lowest BCUT2D eigenvalue weighted by molar-refractivity contribution is -0.384. The lowest BCUT2D eigenvalue weighted by Gasteiger charge is -2.05. The summed E-state index contributed by atoms with van der Waals surface area (Å²) in [5, 5.41) is 15.0. The summed E-state index contributed by atoms with van der Waals surface area (Å²) in [6.07, 6.45) is 2.81. The van der Waals surface area contributed by atoms with Gasteiger partial charge in [0.05, 0.1) is 11.5 Å². The molecule has 7 heteroatoms. The molecular weight excluding hydrogens is 377 g/mol. The molecule has 100 valence electrons. The number of hydrogen-bond donors (Lipinski definition) is 1. The molecule has 1 heterocycles. The summed E-state index contributed by atoms with van der Waals surface area (Å²) in [5.41, 5.74) is 0.623. The molecule has 1 aromatic carbocycles. The summed E-state index contributed by atoms with van der Waals surface area (Å²) in [4.78, 5) is 16.1. The molecule has 0 aliphatic carbocycles. The van der Waals surface area contributed by atoms with Gasteiger partial charge < -0.3 is 5.32 Å². The van der Waals surface area contributed by atoms with Gasteiger partial charge in [-0.05, 0) is 41.1 Å². The predicted molar refractivity (Wildman–Crippen MR) is 84.6 cm³/mol. The predicted octanol–water partition coefficient (Wildman–Crippen LogP) is 3.83. The van der Waals surface area contributed by atoms with Crippen molar-refractivity contribution in [3.05, 3.63) is 48.0 Å². The molecule has 1 aromatic heterocycles. The maximum atomic E-state index is 11.0. The van der Waals surface area contributed by atoms with Crippen molar-refractivity contribution in [1.82, 2.24) is 4.98 Å². The minimum atomic E-state index is -0.371. The molecule has 0 aliphatic heterocycles. The molecule has 0 saturated heterocycles. The van der Waals surface area contributed by atoms with E-state index in [0.717, 1.165) is 15.0 Å². The summed E-state index contributed by atoms with van der Waals surface area (Å²) in [7, 11) is 0. The van der Waals surface area contributed by atoms with E-state index in [2.05, 4.69) is 39.8 Å². The van der Waals surface area contributed by atoms with Crippen LogP contribution in [0.5, 0.6) is 0 Å². The molecule has 0 aliphatic rings. The highest BCUT2D eigenvalue weighted by Gasteiger charge is 2.14. The van der Waals surface area contributed by atoms with Crippen molar-refractivity contribution in [3.8, 4) is 0 Å². The second-order valence-corrected chi connectivity index (χ2v) is 6.29. The number of hydrogen-bond acceptors (Lipinski definition) is 5. The van der Waals surface area contributed by atoms with Crippen molar-refractivity contribution in [2.45, 2.75) is 19.9 Å². The number of rotatable bonds is 5. The largest absolute Gasteiger partial charge is 0.373 e. The highest BCUT2D eigenvalue weighted by molar-refractivity contribution is 14.1. The van der Waals surface area contributed by atoms with Crippen molar-refractivity contribution in [1.29, 1.82) is 0 Å². The Kier molecular flexibility index (Phi) is 4.70. The van der Waals surface area contributed by atoms with Gasteiger partial charge in [-0.3, -0.25) is 10.1 Å². The second kappa shape index (κ2) is 6.29. The first-order chi connectivity index (χ1) is 9.10. The minimum Gasteiger partial charge on any atom is -0.373 e. The highest BCUT2D eigenvalue weighted by atomic mass is 127. The van der Waals surface area contributed by atoms with Crippen LogP contribution in [0, 0.1) is 13.7 Å². The van der Waals surface area contributed by atoms with Crippen LogP contribution < -0.4 is 5.32 Å². The third kappa shape index (κ3) is 3.63. The number of nitro groups is 1. The van der Waals surface area contributed by atoms with E-state index in [1.807, 2.05) is 12.3 Å². The molecular formula is C12H12IN3O2S. The van der Waals surface area contributed by atoms with Crippen molar-refractivity contribution in [3.63, 3.8) is 0 Å². The molecule has 5 nitrogen and oxygen atoms in total. The van der Waals surface area contributed by atoms with Gasteiger partial charge in [-0.2, -0.15) is 0 Å². The van der Waals surface area contributed by atoms with E-state index in [0.29, 0.717) is 12.2 Å². The SMILES string of the molecule is CCc1cnc(CNc2ccc(I)cc2[N+](=O)[O-])s1. The van der Waals surface area contributed by atoms with Gasteiger partial charge in [0.2, 0.25) is 0 Å². The van der Waals surface area contributed by atoms with Crippen LogP contribution in [0.3, 0.4) is 0 Å². The van der Waals surface area contributed by atoms with Crippen molar-refractivity contribution >= 4 is 45.3 Å². The van der Waals surface area contributed by atoms with Crippen LogP contribution in [0.4, 0.5) is 11.4 Å². The van der Waals surface area contributed by atoms with Crippen molar-refractivity contribution in [2.24, 2.45) is 0 Å². The molecule has 19 heavy (non-hydrogen) atoms. The molecule has 2 aromatic rings. The average molecular weight is 389 g/mol. The van der Waals surface area contributed by atoms with Gasteiger partial charge in [0, 0.05) is 20.7 Å². The smallest absolute Gasteiger partial charge is 0.293 e. The first-order valence-corrected chi connectivity index (χ1v) is 7.61. The van der Waals surface area contributed by atoms with E-state index < -0.39 is 0 Å². The van der Waals surface area contributed by atoms with E-state index in [1.54, 1.807) is 23.5 Å². The quantitative estimate of drug-likeness (QED) is 0.480. The Morgan fingerprint density at radius 3 is 2.95 bits per heavy atom. The first-order valence-electron chi connectivity index (χ1n) is 5.71. The Hall–Kier alpha value is -1.22. The monoisotopic (exact) mass is 389 g/mol. The van der Waals surface area contributed by atoms with Crippen molar-refractivity contribution in [2.75, 3.05) is 5.32 Å². The van der Waals surface area contributed by atoms with Crippen LogP contribution in [0.25, 0.3) is 0 Å². The molecule has 0 radical (unpaired) electrons. The number of thiazole rings is 1. The number of aryl methyl sites for hydroxylation is 1. The summed E-state index contributed by atoms with van der Waals surface area (Å²) in [5.74, 6) is 0. The number of benzene rings is 1. The number of aromatic nitrogens is 1. The Labute approximate surface area is 128 Å². The van der Waals surface area contributed by atoms with Gasteiger partial charge in [0.1, 0.15) is 10.7 Å². The number of nitrogens with zero attached hydrogens (tertiary/aromatic N) is 2. The molecule has 2 rings (SSSR count). The van der Waals surface area contributed by atoms with Gasteiger partial charge >= 0.3 is 0 Å². The molecule has 1 N–H and O–H groups in total. The Balaban J connectivity index is 2.12. The molecule has 0 saturated carbocycles. The summed E-state index contributed by atoms with van der Waals surface area (Å²) in [6.45, 7) is 2.58. The third-order valence-corrected chi connectivity index (χ3v) is 4.35. The lowest BCUT2D eigenvalue weighted by atomic mass is 10.2. The van der Waals surface area contributed by atoms with Crippen LogP contribution in [0.2, 0.25) is 0 Å². The van der Waals surface area contributed by atoms with Crippen LogP contribution in [-0.4, -0.2) is 9.91 Å². The lowest BCUT2D eigenvalue weighted by Crippen LogP contribution is -2.02. The standard InChI is InChI=1S/C12H12IN3O2S/c1-2-9-6-15-12(19-9)7-14-10-4-3-8(13)5-11(10)16(17)18/h3-6,14H,2,7H2,1H3. The maximum absolute atomic E-state index is 11.0. The number of anilines is 1. The summed E-state index contributed by atoms with van der Waals surface area (Å²) < 4.78 is 0.845. The van der Waals surface area contributed by atoms with Gasteiger partial charge in [0.25, 0.3) is 5.69 Å². The summed E-state index contributed by atoms with van der Waals surface area (Å²) in [6, 6.07) is 5.13. The molecule has 0 bridgehead atoms. The number of nitro benzene ring substituents is 1. The topological polar surface area (TPSA) is 68.1 Å². The van der Waals surface area contributed by atoms with Crippen LogP contribution in [0.15, 0.2) is 24.4 Å². The molecule has 0 spiro atoms. The zero-order valence-electron chi connectivity index (χ0n) is 10.2. The van der Waals surface area contributed by atoms with E-state index in [9.17, 15) is 10.1 Å². The minimum absolute atomic E-state index is 0.0965. The zero-order valence-corrected chi connectivity index (χ0v) is 13.2. The molecule has 0 atom stereocenters. The molecule has 0 unspecified atom stereocenters. The third-order valence-electron chi connectivity index (χ3n) is 2.54. The van der Waals surface area contributed by atoms with E-state index in [-0.39, 0.29) is 10.6 Å². The fraction of sp³-hybridized carbons (Fsp3) is 0.250. The Morgan fingerprint density at radius 1 is 1.53 bits per heavy atom. The average Bonchev–Trinajstić information content (AvgIpc) is 2.85. The van der Waals surface area contributed by atoms with Crippen molar-refractivity contribution < 1.29 is 4.92 Å². The van der Waals surface area contributed by atoms with E-state index in [4.69, 9.17) is 0 Å². The van der Waals surface area contributed by atoms with Gasteiger partial charge in [-0.15, -0.1) is 11.3 Å². The Bertz CT molecular complexity index is 600. The zero-order chi connectivity index (χ0) is 13.8. The normalized spacial score (nSPS) is 10.4. The van der Waals surface area contributed by atoms with Gasteiger partial charge in [-0.25, -0.2) is 4.98 Å². The van der Waals surface area contributed by atoms with Gasteiger partial charge in [-0.1, -0.05) is 6.92 Å². The number of nitrogens with one attached hydrogen (secondary N) is 1. The molecule has 0 amide bonds. The van der Waals surface area contributed by atoms with E-state index in [1.165, 1.54) is 4.88 Å². The van der Waals surface area contributed by atoms with Crippen LogP contribution in [0.1, 0.15) is 16.8 Å². The maximum Gasteiger partial charge on any atom is 0.293 e. The fourth-order valence-electron chi connectivity index (χ4n) is 1.57. The molecule has 0 fully saturated rings.